The van der Waals surface area contributed by atoms with E-state index in [9.17, 15) is 0 Å². The molecular formula is C16H15NO2. The molecule has 0 aliphatic carbocycles. The maximum Gasteiger partial charge on any atom is 0.119 e. The Morgan fingerprint density at radius 3 is 2.32 bits per heavy atom. The number of rotatable bonds is 4. The van der Waals surface area contributed by atoms with Crippen LogP contribution in [0.4, 0.5) is 0 Å². The van der Waals surface area contributed by atoms with E-state index < -0.39 is 0 Å². The van der Waals surface area contributed by atoms with E-state index in [0.29, 0.717) is 12.2 Å². The molecule has 0 aliphatic rings. The molecule has 0 fully saturated rings. The predicted octanol–water partition coefficient (Wildman–Crippen LogP) is 3.63. The van der Waals surface area contributed by atoms with E-state index in [-0.39, 0.29) is 0 Å². The van der Waals surface area contributed by atoms with E-state index >= 15 is 0 Å². The Kier molecular flexibility index (Phi) is 4.04. The van der Waals surface area contributed by atoms with Gasteiger partial charge in [0.15, 0.2) is 0 Å². The summed E-state index contributed by atoms with van der Waals surface area (Å²) in [7, 11) is 1.61. The number of nitriles is 1. The zero-order valence-corrected chi connectivity index (χ0v) is 11.0. The van der Waals surface area contributed by atoms with Crippen LogP contribution < -0.4 is 9.47 Å². The monoisotopic (exact) mass is 253 g/mol. The molecule has 0 heterocycles. The van der Waals surface area contributed by atoms with E-state index in [1.165, 1.54) is 0 Å². The zero-order valence-electron chi connectivity index (χ0n) is 11.0. The Labute approximate surface area is 113 Å². The molecule has 3 heteroatoms. The van der Waals surface area contributed by atoms with E-state index in [1.807, 2.05) is 37.3 Å². The standard InChI is InChI=1S/C16H15NO2/c1-3-19-14-7-4-12(5-8-14)16-10-15(18-2)9-6-13(16)11-17/h4-10H,3H2,1-2H3. The topological polar surface area (TPSA) is 42.2 Å². The third-order valence-electron chi connectivity index (χ3n) is 2.82. The van der Waals surface area contributed by atoms with E-state index in [1.54, 1.807) is 19.2 Å². The van der Waals surface area contributed by atoms with Crippen molar-refractivity contribution in [3.05, 3.63) is 48.0 Å². The summed E-state index contributed by atoms with van der Waals surface area (Å²) in [5.74, 6) is 1.57. The quantitative estimate of drug-likeness (QED) is 0.835. The van der Waals surface area contributed by atoms with Crippen LogP contribution in [0.1, 0.15) is 12.5 Å². The molecule has 0 unspecified atom stereocenters. The van der Waals surface area contributed by atoms with Crippen LogP contribution in [-0.4, -0.2) is 13.7 Å². The molecule has 2 aromatic carbocycles. The molecule has 96 valence electrons. The maximum absolute atomic E-state index is 9.17. The molecule has 19 heavy (non-hydrogen) atoms. The molecule has 0 spiro atoms. The molecular weight excluding hydrogens is 238 g/mol. The van der Waals surface area contributed by atoms with Gasteiger partial charge in [-0.15, -0.1) is 0 Å². The zero-order chi connectivity index (χ0) is 13.7. The lowest BCUT2D eigenvalue weighted by Gasteiger charge is -2.08. The fraction of sp³-hybridized carbons (Fsp3) is 0.188. The summed E-state index contributed by atoms with van der Waals surface area (Å²) in [4.78, 5) is 0. The Hall–Kier alpha value is -2.47. The van der Waals surface area contributed by atoms with Gasteiger partial charge < -0.3 is 9.47 Å². The molecule has 2 aromatic rings. The van der Waals surface area contributed by atoms with Crippen LogP contribution in [0.25, 0.3) is 11.1 Å². The summed E-state index contributed by atoms with van der Waals surface area (Å²) in [6.07, 6.45) is 0. The van der Waals surface area contributed by atoms with Gasteiger partial charge in [0.25, 0.3) is 0 Å². The number of benzene rings is 2. The van der Waals surface area contributed by atoms with Crippen molar-refractivity contribution in [1.29, 1.82) is 5.26 Å². The van der Waals surface area contributed by atoms with Crippen LogP contribution >= 0.6 is 0 Å². The molecule has 0 bridgehead atoms. The molecule has 0 saturated heterocycles. The van der Waals surface area contributed by atoms with Crippen LogP contribution in [0.5, 0.6) is 11.5 Å². The van der Waals surface area contributed by atoms with Crippen molar-refractivity contribution in [1.82, 2.24) is 0 Å². The Bertz CT molecular complexity index is 597. The van der Waals surface area contributed by atoms with E-state index in [0.717, 1.165) is 22.6 Å². The first-order valence-corrected chi connectivity index (χ1v) is 6.10. The highest BCUT2D eigenvalue weighted by atomic mass is 16.5. The highest BCUT2D eigenvalue weighted by Crippen LogP contribution is 2.29. The van der Waals surface area contributed by atoms with Crippen molar-refractivity contribution in [3.63, 3.8) is 0 Å². The van der Waals surface area contributed by atoms with Gasteiger partial charge >= 0.3 is 0 Å². The number of hydrogen-bond donors (Lipinski definition) is 0. The van der Waals surface area contributed by atoms with Crippen LogP contribution in [0.3, 0.4) is 0 Å². The van der Waals surface area contributed by atoms with Gasteiger partial charge in [0, 0.05) is 5.56 Å². The van der Waals surface area contributed by atoms with E-state index in [2.05, 4.69) is 6.07 Å². The Balaban J connectivity index is 2.42. The number of ether oxygens (including phenoxy) is 2. The van der Waals surface area contributed by atoms with Gasteiger partial charge in [0.2, 0.25) is 0 Å². The summed E-state index contributed by atoms with van der Waals surface area (Å²) in [6.45, 7) is 2.59. The minimum atomic E-state index is 0.630. The third kappa shape index (κ3) is 2.86. The van der Waals surface area contributed by atoms with Crippen molar-refractivity contribution in [2.75, 3.05) is 13.7 Å². The molecule has 0 radical (unpaired) electrons. The van der Waals surface area contributed by atoms with Gasteiger partial charge in [0.1, 0.15) is 11.5 Å². The Morgan fingerprint density at radius 2 is 1.74 bits per heavy atom. The van der Waals surface area contributed by atoms with Crippen LogP contribution in [-0.2, 0) is 0 Å². The van der Waals surface area contributed by atoms with Crippen molar-refractivity contribution in [3.8, 4) is 28.7 Å². The summed E-state index contributed by atoms with van der Waals surface area (Å²) in [6, 6.07) is 15.3. The Morgan fingerprint density at radius 1 is 1.05 bits per heavy atom. The van der Waals surface area contributed by atoms with Crippen molar-refractivity contribution < 1.29 is 9.47 Å². The second-order valence-electron chi connectivity index (χ2n) is 3.98. The van der Waals surface area contributed by atoms with Gasteiger partial charge in [-0.2, -0.15) is 5.26 Å². The van der Waals surface area contributed by atoms with Gasteiger partial charge in [-0.25, -0.2) is 0 Å². The summed E-state index contributed by atoms with van der Waals surface area (Å²) < 4.78 is 10.6. The minimum absolute atomic E-state index is 0.630. The second kappa shape index (κ2) is 5.92. The summed E-state index contributed by atoms with van der Waals surface area (Å²) in [5.41, 5.74) is 2.47. The van der Waals surface area contributed by atoms with Crippen LogP contribution in [0.2, 0.25) is 0 Å². The number of methoxy groups -OCH3 is 1. The normalized spacial score (nSPS) is 9.74. The average Bonchev–Trinajstić information content (AvgIpc) is 2.47. The van der Waals surface area contributed by atoms with Crippen molar-refractivity contribution in [2.24, 2.45) is 0 Å². The molecule has 2 rings (SSSR count). The summed E-state index contributed by atoms with van der Waals surface area (Å²) in [5, 5.41) is 9.17. The predicted molar refractivity (Wildman–Crippen MR) is 74.3 cm³/mol. The second-order valence-corrected chi connectivity index (χ2v) is 3.98. The molecule has 0 aromatic heterocycles. The fourth-order valence-corrected chi connectivity index (χ4v) is 1.88. The lowest BCUT2D eigenvalue weighted by atomic mass is 10.00. The van der Waals surface area contributed by atoms with Crippen LogP contribution in [0, 0.1) is 11.3 Å². The molecule has 0 saturated carbocycles. The lowest BCUT2D eigenvalue weighted by Crippen LogP contribution is -1.91. The largest absolute Gasteiger partial charge is 0.497 e. The first-order chi connectivity index (χ1) is 9.28. The van der Waals surface area contributed by atoms with Gasteiger partial charge in [0.05, 0.1) is 25.3 Å². The van der Waals surface area contributed by atoms with Gasteiger partial charge in [-0.3, -0.25) is 0 Å². The van der Waals surface area contributed by atoms with Crippen molar-refractivity contribution in [2.45, 2.75) is 6.92 Å². The van der Waals surface area contributed by atoms with Crippen molar-refractivity contribution >= 4 is 0 Å². The fourth-order valence-electron chi connectivity index (χ4n) is 1.88. The highest BCUT2D eigenvalue weighted by Gasteiger charge is 2.07. The molecule has 0 N–H and O–H groups in total. The van der Waals surface area contributed by atoms with E-state index in [4.69, 9.17) is 14.7 Å². The summed E-state index contributed by atoms with van der Waals surface area (Å²) >= 11 is 0. The van der Waals surface area contributed by atoms with Gasteiger partial charge in [-0.1, -0.05) is 12.1 Å². The number of nitrogens with zero attached hydrogens (tertiary/aromatic N) is 1. The molecule has 0 aliphatic heterocycles. The number of hydrogen-bond acceptors (Lipinski definition) is 3. The first kappa shape index (κ1) is 13.0. The maximum atomic E-state index is 9.17. The SMILES string of the molecule is CCOc1ccc(-c2cc(OC)ccc2C#N)cc1. The minimum Gasteiger partial charge on any atom is -0.497 e. The molecule has 0 atom stereocenters. The van der Waals surface area contributed by atoms with Crippen LogP contribution in [0.15, 0.2) is 42.5 Å². The average molecular weight is 253 g/mol. The smallest absolute Gasteiger partial charge is 0.119 e. The van der Waals surface area contributed by atoms with Gasteiger partial charge in [-0.05, 0) is 42.8 Å². The third-order valence-corrected chi connectivity index (χ3v) is 2.82. The molecule has 0 amide bonds. The lowest BCUT2D eigenvalue weighted by molar-refractivity contribution is 0.340. The molecule has 3 nitrogen and oxygen atoms in total. The first-order valence-electron chi connectivity index (χ1n) is 6.10. The highest BCUT2D eigenvalue weighted by molar-refractivity contribution is 5.72.